The molecule has 0 aromatic heterocycles. The smallest absolute Gasteiger partial charge is 0.267 e. The molecule has 0 saturated heterocycles. The van der Waals surface area contributed by atoms with Crippen molar-refractivity contribution >= 4 is 11.8 Å². The first-order valence-corrected chi connectivity index (χ1v) is 7.47. The predicted octanol–water partition coefficient (Wildman–Crippen LogP) is 2.39. The second-order valence-electron chi connectivity index (χ2n) is 4.22. The largest absolute Gasteiger partial charge is 0.395 e. The van der Waals surface area contributed by atoms with Gasteiger partial charge in [-0.2, -0.15) is 0 Å². The Morgan fingerprint density at radius 2 is 1.61 bits per heavy atom. The second kappa shape index (κ2) is 14.5. The van der Waals surface area contributed by atoms with E-state index in [1.165, 1.54) is 12.2 Å². The first-order valence-electron chi connectivity index (χ1n) is 7.47. The summed E-state index contributed by atoms with van der Waals surface area (Å²) in [7, 11) is 0. The van der Waals surface area contributed by atoms with E-state index in [1.807, 2.05) is 13.8 Å². The Bertz CT molecular complexity index is 500. The van der Waals surface area contributed by atoms with Gasteiger partial charge in [0.25, 0.3) is 11.8 Å². The molecule has 0 aliphatic rings. The van der Waals surface area contributed by atoms with Crippen LogP contribution in [0.4, 0.5) is 0 Å². The summed E-state index contributed by atoms with van der Waals surface area (Å²) in [5.74, 6) is -0.868. The molecule has 128 valence electrons. The molecular weight excluding hydrogens is 292 g/mol. The van der Waals surface area contributed by atoms with E-state index in [-0.39, 0.29) is 18.8 Å². The van der Waals surface area contributed by atoms with E-state index >= 15 is 0 Å². The Morgan fingerprint density at radius 1 is 1.04 bits per heavy atom. The molecule has 0 unspecified atom stereocenters. The summed E-state index contributed by atoms with van der Waals surface area (Å²) in [6, 6.07) is 0. The van der Waals surface area contributed by atoms with Gasteiger partial charge in [-0.1, -0.05) is 51.3 Å². The van der Waals surface area contributed by atoms with Crippen LogP contribution in [0.5, 0.6) is 0 Å². The highest BCUT2D eigenvalue weighted by Gasteiger charge is 2.13. The molecule has 0 aliphatic heterocycles. The number of hydrogen-bond donors (Lipinski definition) is 3. The third-order valence-corrected chi connectivity index (χ3v) is 2.37. The molecule has 0 saturated carbocycles. The SMILES string of the molecule is C=C/C=C(C)/C=C(\NC(=O)/C(C)=C/C=C)C(=O)NCCO.CC. The summed E-state index contributed by atoms with van der Waals surface area (Å²) < 4.78 is 0. The van der Waals surface area contributed by atoms with Gasteiger partial charge >= 0.3 is 0 Å². The van der Waals surface area contributed by atoms with Crippen LogP contribution in [0, 0.1) is 0 Å². The van der Waals surface area contributed by atoms with Crippen molar-refractivity contribution in [3.63, 3.8) is 0 Å². The molecule has 0 rings (SSSR count). The summed E-state index contributed by atoms with van der Waals surface area (Å²) in [5, 5.41) is 13.8. The van der Waals surface area contributed by atoms with Gasteiger partial charge in [0, 0.05) is 12.1 Å². The minimum atomic E-state index is -0.472. The van der Waals surface area contributed by atoms with E-state index in [1.54, 1.807) is 32.1 Å². The monoisotopic (exact) mass is 320 g/mol. The fraction of sp³-hybridized carbons (Fsp3) is 0.333. The molecule has 5 nitrogen and oxygen atoms in total. The molecule has 0 fully saturated rings. The Balaban J connectivity index is 0. The number of nitrogens with one attached hydrogen (secondary N) is 2. The van der Waals surface area contributed by atoms with Crippen LogP contribution < -0.4 is 10.6 Å². The van der Waals surface area contributed by atoms with Crippen molar-refractivity contribution in [2.45, 2.75) is 27.7 Å². The van der Waals surface area contributed by atoms with Crippen LogP contribution in [0.2, 0.25) is 0 Å². The van der Waals surface area contributed by atoms with Gasteiger partial charge in [0.15, 0.2) is 0 Å². The van der Waals surface area contributed by atoms with Crippen molar-refractivity contribution in [3.8, 4) is 0 Å². The van der Waals surface area contributed by atoms with Crippen LogP contribution in [0.3, 0.4) is 0 Å². The van der Waals surface area contributed by atoms with E-state index in [4.69, 9.17) is 5.11 Å². The highest BCUT2D eigenvalue weighted by Crippen LogP contribution is 2.03. The summed E-state index contributed by atoms with van der Waals surface area (Å²) in [6.45, 7) is 14.4. The Kier molecular flexibility index (Phi) is 14.5. The third-order valence-electron chi connectivity index (χ3n) is 2.37. The molecular formula is C18H28N2O3. The van der Waals surface area contributed by atoms with E-state index < -0.39 is 11.8 Å². The lowest BCUT2D eigenvalue weighted by molar-refractivity contribution is -0.121. The average Bonchev–Trinajstić information content (AvgIpc) is 2.54. The maximum Gasteiger partial charge on any atom is 0.267 e. The molecule has 23 heavy (non-hydrogen) atoms. The lowest BCUT2D eigenvalue weighted by atomic mass is 10.2. The maximum atomic E-state index is 12.0. The van der Waals surface area contributed by atoms with Crippen LogP contribution in [0.15, 0.2) is 60.4 Å². The lowest BCUT2D eigenvalue weighted by Gasteiger charge is -2.10. The molecule has 0 aromatic rings. The number of amides is 2. The first kappa shape index (κ1) is 22.9. The number of aliphatic hydroxyl groups excluding tert-OH is 1. The molecule has 5 heteroatoms. The first-order chi connectivity index (χ1) is 11.0. The molecule has 0 aliphatic carbocycles. The van der Waals surface area contributed by atoms with Gasteiger partial charge in [0.2, 0.25) is 0 Å². The Labute approximate surface area is 139 Å². The molecule has 0 radical (unpaired) electrons. The summed E-state index contributed by atoms with van der Waals surface area (Å²) in [4.78, 5) is 23.9. The standard InChI is InChI=1S/C16H22N2O3.C2H6/c1-5-7-12(3)11-14(16(21)17-9-10-19)18-15(20)13(4)8-6-2;1-2/h5-8,11,19H,1-2,9-10H2,3-4H3,(H,17,21)(H,18,20);1-2H3/b12-7+,13-8+,14-11-;. The summed E-state index contributed by atoms with van der Waals surface area (Å²) in [5.41, 5.74) is 1.28. The second-order valence-corrected chi connectivity index (χ2v) is 4.22. The normalized spacial score (nSPS) is 11.8. The quantitative estimate of drug-likeness (QED) is 0.474. The van der Waals surface area contributed by atoms with Gasteiger partial charge in [0.1, 0.15) is 5.70 Å². The fourth-order valence-electron chi connectivity index (χ4n) is 1.36. The lowest BCUT2D eigenvalue weighted by Crippen LogP contribution is -2.36. The molecule has 0 bridgehead atoms. The van der Waals surface area contributed by atoms with Crippen molar-refractivity contribution in [2.24, 2.45) is 0 Å². The predicted molar refractivity (Wildman–Crippen MR) is 95.6 cm³/mol. The Hall–Kier alpha value is -2.40. The number of aliphatic hydroxyl groups is 1. The van der Waals surface area contributed by atoms with Crippen molar-refractivity contribution in [2.75, 3.05) is 13.2 Å². The topological polar surface area (TPSA) is 78.4 Å². The van der Waals surface area contributed by atoms with Crippen molar-refractivity contribution in [1.29, 1.82) is 0 Å². The molecule has 0 aromatic carbocycles. The van der Waals surface area contributed by atoms with E-state index in [9.17, 15) is 9.59 Å². The van der Waals surface area contributed by atoms with Crippen LogP contribution in [-0.4, -0.2) is 30.1 Å². The maximum absolute atomic E-state index is 12.0. The third kappa shape index (κ3) is 10.9. The zero-order chi connectivity index (χ0) is 18.3. The van der Waals surface area contributed by atoms with Crippen LogP contribution in [0.25, 0.3) is 0 Å². The van der Waals surface area contributed by atoms with Crippen LogP contribution in [-0.2, 0) is 9.59 Å². The fourth-order valence-corrected chi connectivity index (χ4v) is 1.36. The minimum Gasteiger partial charge on any atom is -0.395 e. The van der Waals surface area contributed by atoms with Gasteiger partial charge in [-0.15, -0.1) is 0 Å². The molecule has 0 atom stereocenters. The molecule has 2 amide bonds. The van der Waals surface area contributed by atoms with Crippen LogP contribution >= 0.6 is 0 Å². The highest BCUT2D eigenvalue weighted by molar-refractivity contribution is 6.02. The van der Waals surface area contributed by atoms with Crippen molar-refractivity contribution in [1.82, 2.24) is 10.6 Å². The van der Waals surface area contributed by atoms with E-state index in [0.717, 1.165) is 5.57 Å². The minimum absolute atomic E-state index is 0.0980. The van der Waals surface area contributed by atoms with Gasteiger partial charge in [-0.3, -0.25) is 9.59 Å². The number of hydrogen-bond acceptors (Lipinski definition) is 3. The number of allylic oxidation sites excluding steroid dienone is 6. The zero-order valence-corrected chi connectivity index (χ0v) is 14.5. The van der Waals surface area contributed by atoms with Gasteiger partial charge in [-0.05, 0) is 25.5 Å². The highest BCUT2D eigenvalue weighted by atomic mass is 16.3. The van der Waals surface area contributed by atoms with Gasteiger partial charge < -0.3 is 15.7 Å². The summed E-state index contributed by atoms with van der Waals surface area (Å²) >= 11 is 0. The van der Waals surface area contributed by atoms with E-state index in [0.29, 0.717) is 5.57 Å². The molecule has 0 spiro atoms. The van der Waals surface area contributed by atoms with E-state index in [2.05, 4.69) is 23.8 Å². The Morgan fingerprint density at radius 3 is 2.09 bits per heavy atom. The van der Waals surface area contributed by atoms with Crippen LogP contribution in [0.1, 0.15) is 27.7 Å². The number of rotatable bonds is 8. The number of carbonyl (C=O) groups is 2. The molecule has 0 heterocycles. The number of carbonyl (C=O) groups excluding carboxylic acids is 2. The average molecular weight is 320 g/mol. The van der Waals surface area contributed by atoms with Crippen molar-refractivity contribution in [3.05, 3.63) is 60.4 Å². The van der Waals surface area contributed by atoms with Gasteiger partial charge in [0.05, 0.1) is 6.61 Å². The molecule has 3 N–H and O–H groups in total. The van der Waals surface area contributed by atoms with Gasteiger partial charge in [-0.25, -0.2) is 0 Å². The summed E-state index contributed by atoms with van der Waals surface area (Å²) in [6.07, 6.45) is 7.86. The van der Waals surface area contributed by atoms with Crippen molar-refractivity contribution < 1.29 is 14.7 Å². The zero-order valence-electron chi connectivity index (χ0n) is 14.5.